The summed E-state index contributed by atoms with van der Waals surface area (Å²) in [6.45, 7) is 0.550. The van der Waals surface area contributed by atoms with E-state index in [1.165, 1.54) is 0 Å². The molecule has 7 heteroatoms. The second kappa shape index (κ2) is 7.19. The lowest BCUT2D eigenvalue weighted by Gasteiger charge is -2.16. The van der Waals surface area contributed by atoms with Crippen LogP contribution in [0.2, 0.25) is 0 Å². The van der Waals surface area contributed by atoms with Gasteiger partial charge in [0.2, 0.25) is 5.82 Å². The second-order valence-electron chi connectivity index (χ2n) is 6.82. The van der Waals surface area contributed by atoms with Gasteiger partial charge >= 0.3 is 0 Å². The third kappa shape index (κ3) is 3.67. The van der Waals surface area contributed by atoms with Crippen molar-refractivity contribution in [3.8, 4) is 0 Å². The fourth-order valence-corrected chi connectivity index (χ4v) is 2.96. The number of carbonyl (C=O) groups is 2. The maximum absolute atomic E-state index is 12.9. The molecule has 1 saturated carbocycles. The van der Waals surface area contributed by atoms with Gasteiger partial charge in [-0.2, -0.15) is 0 Å². The molecule has 0 bridgehead atoms. The number of hydrogen-bond donors (Lipinski definition) is 1. The van der Waals surface area contributed by atoms with Crippen LogP contribution in [0.4, 0.5) is 0 Å². The van der Waals surface area contributed by atoms with E-state index in [9.17, 15) is 9.59 Å². The third-order valence-corrected chi connectivity index (χ3v) is 4.70. The van der Waals surface area contributed by atoms with E-state index in [1.54, 1.807) is 34.9 Å². The summed E-state index contributed by atoms with van der Waals surface area (Å²) in [5, 5.41) is 2.94. The summed E-state index contributed by atoms with van der Waals surface area (Å²) in [5.74, 6) is -0.181. The molecule has 1 N–H and O–H groups in total. The number of nitrogens with one attached hydrogen (secondary N) is 1. The summed E-state index contributed by atoms with van der Waals surface area (Å²) >= 11 is 0. The minimum atomic E-state index is -0.223. The monoisotopic (exact) mass is 363 g/mol. The van der Waals surface area contributed by atoms with Crippen LogP contribution >= 0.6 is 0 Å². The fourth-order valence-electron chi connectivity index (χ4n) is 2.96. The minimum absolute atomic E-state index is 0.212. The molecule has 0 aliphatic heterocycles. The Kier molecular flexibility index (Phi) is 4.58. The Bertz CT molecular complexity index is 978. The summed E-state index contributed by atoms with van der Waals surface area (Å²) < 4.78 is 1.69. The second-order valence-corrected chi connectivity index (χ2v) is 6.82. The first-order valence-electron chi connectivity index (χ1n) is 9.06. The van der Waals surface area contributed by atoms with Crippen molar-refractivity contribution in [2.75, 3.05) is 13.6 Å². The van der Waals surface area contributed by atoms with Gasteiger partial charge < -0.3 is 10.2 Å². The van der Waals surface area contributed by atoms with Crippen molar-refractivity contribution in [2.24, 2.45) is 0 Å². The zero-order valence-electron chi connectivity index (χ0n) is 15.1. The number of likely N-dealkylation sites (N-methyl/N-ethyl adjacent to an activating group) is 1. The van der Waals surface area contributed by atoms with E-state index < -0.39 is 0 Å². The largest absolute Gasteiger partial charge is 0.348 e. The molecule has 3 aromatic heterocycles. The first-order chi connectivity index (χ1) is 13.1. The first kappa shape index (κ1) is 17.2. The van der Waals surface area contributed by atoms with Gasteiger partial charge in [0.15, 0.2) is 5.69 Å². The van der Waals surface area contributed by atoms with Crippen LogP contribution in [0.1, 0.15) is 39.5 Å². The number of nitrogens with zero attached hydrogens (tertiary/aromatic N) is 4. The smallest absolute Gasteiger partial charge is 0.290 e. The van der Waals surface area contributed by atoms with Crippen LogP contribution in [0.15, 0.2) is 48.9 Å². The molecule has 0 aromatic carbocycles. The highest BCUT2D eigenvalue weighted by Gasteiger charge is 2.28. The molecule has 0 atom stereocenters. The summed E-state index contributed by atoms with van der Waals surface area (Å²) in [5.41, 5.74) is 2.05. The SMILES string of the molecule is CN(CCc1ccncc1)C(=O)c1nc(C(=O)NC2CC2)c2ccccn12. The average Bonchev–Trinajstić information content (AvgIpc) is 3.43. The Morgan fingerprint density at radius 2 is 2.00 bits per heavy atom. The molecular weight excluding hydrogens is 342 g/mol. The maximum Gasteiger partial charge on any atom is 0.290 e. The van der Waals surface area contributed by atoms with Crippen molar-refractivity contribution < 1.29 is 9.59 Å². The lowest BCUT2D eigenvalue weighted by atomic mass is 10.2. The topological polar surface area (TPSA) is 79.6 Å². The number of rotatable bonds is 6. The van der Waals surface area contributed by atoms with Crippen LogP contribution in [0.5, 0.6) is 0 Å². The lowest BCUT2D eigenvalue weighted by Crippen LogP contribution is -2.30. The Morgan fingerprint density at radius 1 is 1.22 bits per heavy atom. The Morgan fingerprint density at radius 3 is 2.74 bits per heavy atom. The number of aromatic nitrogens is 3. The van der Waals surface area contributed by atoms with Gasteiger partial charge in [-0.25, -0.2) is 4.98 Å². The number of amides is 2. The summed E-state index contributed by atoms with van der Waals surface area (Å²) in [7, 11) is 1.75. The number of pyridine rings is 2. The van der Waals surface area contributed by atoms with Gasteiger partial charge in [-0.1, -0.05) is 6.07 Å². The van der Waals surface area contributed by atoms with Gasteiger partial charge in [-0.05, 0) is 49.1 Å². The molecule has 4 rings (SSSR count). The van der Waals surface area contributed by atoms with Gasteiger partial charge in [0.25, 0.3) is 11.8 Å². The van der Waals surface area contributed by atoms with Gasteiger partial charge in [0.1, 0.15) is 0 Å². The van der Waals surface area contributed by atoms with Crippen molar-refractivity contribution in [3.63, 3.8) is 0 Å². The number of carbonyl (C=O) groups excluding carboxylic acids is 2. The van der Waals surface area contributed by atoms with E-state index in [4.69, 9.17) is 0 Å². The van der Waals surface area contributed by atoms with E-state index in [2.05, 4.69) is 15.3 Å². The lowest BCUT2D eigenvalue weighted by molar-refractivity contribution is 0.0784. The summed E-state index contributed by atoms with van der Waals surface area (Å²) in [6, 6.07) is 9.58. The molecule has 0 spiro atoms. The zero-order valence-corrected chi connectivity index (χ0v) is 15.1. The molecular formula is C20H21N5O2. The van der Waals surface area contributed by atoms with Crippen molar-refractivity contribution in [3.05, 3.63) is 66.0 Å². The highest BCUT2D eigenvalue weighted by atomic mass is 16.2. The molecule has 3 heterocycles. The van der Waals surface area contributed by atoms with Crippen molar-refractivity contribution in [1.29, 1.82) is 0 Å². The third-order valence-electron chi connectivity index (χ3n) is 4.70. The molecule has 3 aromatic rings. The molecule has 2 amide bonds. The van der Waals surface area contributed by atoms with Crippen LogP contribution < -0.4 is 5.32 Å². The van der Waals surface area contributed by atoms with E-state index in [0.29, 0.717) is 17.8 Å². The molecule has 7 nitrogen and oxygen atoms in total. The Labute approximate surface area is 157 Å². The molecule has 138 valence electrons. The van der Waals surface area contributed by atoms with E-state index in [-0.39, 0.29) is 23.7 Å². The minimum Gasteiger partial charge on any atom is -0.348 e. The fraction of sp³-hybridized carbons (Fsp3) is 0.300. The standard InChI is InChI=1S/C20H21N5O2/c1-24(13-9-14-7-10-21-11-8-14)20(27)18-23-17(19(26)22-15-5-6-15)16-4-2-3-12-25(16)18/h2-4,7-8,10-12,15H,5-6,9,13H2,1H3,(H,22,26). The molecule has 27 heavy (non-hydrogen) atoms. The number of imidazole rings is 1. The maximum atomic E-state index is 12.9. The van der Waals surface area contributed by atoms with Crippen molar-refractivity contribution >= 4 is 17.3 Å². The summed E-state index contributed by atoms with van der Waals surface area (Å²) in [6.07, 6.45) is 7.97. The quantitative estimate of drug-likeness (QED) is 0.726. The molecule has 1 aliphatic rings. The molecule has 1 fully saturated rings. The zero-order chi connectivity index (χ0) is 18.8. The van der Waals surface area contributed by atoms with E-state index in [1.807, 2.05) is 30.3 Å². The highest BCUT2D eigenvalue weighted by molar-refractivity contribution is 6.02. The van der Waals surface area contributed by atoms with Crippen LogP contribution in [0, 0.1) is 0 Å². The Balaban J connectivity index is 1.56. The van der Waals surface area contributed by atoms with Crippen LogP contribution in [0.3, 0.4) is 0 Å². The predicted molar refractivity (Wildman–Crippen MR) is 101 cm³/mol. The first-order valence-corrected chi connectivity index (χ1v) is 9.06. The van der Waals surface area contributed by atoms with Gasteiger partial charge in [0, 0.05) is 38.2 Å². The molecule has 0 radical (unpaired) electrons. The summed E-state index contributed by atoms with van der Waals surface area (Å²) in [4.78, 5) is 35.5. The van der Waals surface area contributed by atoms with Crippen LogP contribution in [0.25, 0.3) is 5.52 Å². The highest BCUT2D eigenvalue weighted by Crippen LogP contribution is 2.21. The molecule has 1 aliphatic carbocycles. The predicted octanol–water partition coefficient (Wildman–Crippen LogP) is 1.94. The van der Waals surface area contributed by atoms with Gasteiger partial charge in [-0.3, -0.25) is 19.0 Å². The number of fused-ring (bicyclic) bond motifs is 1. The van der Waals surface area contributed by atoms with Crippen LogP contribution in [-0.4, -0.2) is 50.7 Å². The average molecular weight is 363 g/mol. The van der Waals surface area contributed by atoms with E-state index >= 15 is 0 Å². The van der Waals surface area contributed by atoms with Crippen molar-refractivity contribution in [1.82, 2.24) is 24.6 Å². The van der Waals surface area contributed by atoms with Crippen LogP contribution in [-0.2, 0) is 6.42 Å². The normalized spacial score (nSPS) is 13.5. The molecule has 0 saturated heterocycles. The number of hydrogen-bond acceptors (Lipinski definition) is 4. The van der Waals surface area contributed by atoms with E-state index in [0.717, 1.165) is 24.8 Å². The van der Waals surface area contributed by atoms with Crippen molar-refractivity contribution in [2.45, 2.75) is 25.3 Å². The van der Waals surface area contributed by atoms with Gasteiger partial charge in [0.05, 0.1) is 5.52 Å². The molecule has 0 unspecified atom stereocenters. The Hall–Kier alpha value is -3.22. The van der Waals surface area contributed by atoms with Gasteiger partial charge in [-0.15, -0.1) is 0 Å².